The molecule has 0 atom stereocenters. The van der Waals surface area contributed by atoms with Crippen LogP contribution < -0.4 is 11.2 Å². The largest absolute Gasteiger partial charge is 0.379 e. The van der Waals surface area contributed by atoms with E-state index in [9.17, 15) is 14.0 Å². The van der Waals surface area contributed by atoms with Crippen LogP contribution >= 0.6 is 0 Å². The van der Waals surface area contributed by atoms with E-state index in [1.807, 2.05) is 4.98 Å². The molecule has 0 saturated carbocycles. The van der Waals surface area contributed by atoms with Crippen LogP contribution in [0.3, 0.4) is 0 Å². The van der Waals surface area contributed by atoms with Gasteiger partial charge in [0, 0.05) is 6.61 Å². The minimum absolute atomic E-state index is 0.125. The molecule has 1 heterocycles. The Morgan fingerprint density at radius 1 is 0.511 bits per heavy atom. The molecule has 0 aliphatic carbocycles. The van der Waals surface area contributed by atoms with Crippen molar-refractivity contribution in [3.8, 4) is 0 Å². The average Bonchev–Trinajstić information content (AvgIpc) is 3.03. The summed E-state index contributed by atoms with van der Waals surface area (Å²) in [5, 5.41) is 0. The maximum atomic E-state index is 13.2. The van der Waals surface area contributed by atoms with Crippen LogP contribution in [0.1, 0.15) is 71.1 Å². The van der Waals surface area contributed by atoms with Crippen LogP contribution in [-0.4, -0.2) is 115 Å². The van der Waals surface area contributed by atoms with Gasteiger partial charge in [-0.2, -0.15) is 4.39 Å². The highest BCUT2D eigenvalue weighted by atomic mass is 19.1. The summed E-state index contributed by atoms with van der Waals surface area (Å²) in [6.45, 7) is 10.1. The normalized spacial score (nSPS) is 11.5. The van der Waals surface area contributed by atoms with Crippen molar-refractivity contribution in [1.82, 2.24) is 9.55 Å². The zero-order valence-electron chi connectivity index (χ0n) is 27.6. The van der Waals surface area contributed by atoms with E-state index in [-0.39, 0.29) is 13.2 Å². The highest BCUT2D eigenvalue weighted by molar-refractivity contribution is 4.86. The van der Waals surface area contributed by atoms with Gasteiger partial charge in [-0.25, -0.2) is 4.79 Å². The van der Waals surface area contributed by atoms with Gasteiger partial charge in [0.1, 0.15) is 0 Å². The Morgan fingerprint density at radius 3 is 1.24 bits per heavy atom. The Morgan fingerprint density at radius 2 is 0.844 bits per heavy atom. The first-order chi connectivity index (χ1) is 22.1. The molecule has 1 N–H and O–H groups in total. The zero-order valence-corrected chi connectivity index (χ0v) is 27.6. The number of nitrogens with one attached hydrogen (secondary N) is 1. The number of halogens is 1. The van der Waals surface area contributed by atoms with Crippen molar-refractivity contribution >= 4 is 0 Å². The lowest BCUT2D eigenvalue weighted by atomic mass is 10.1. The lowest BCUT2D eigenvalue weighted by Crippen LogP contribution is -2.32. The molecule has 0 bridgehead atoms. The number of nitrogens with zero attached hydrogens (tertiary/aromatic N) is 1. The van der Waals surface area contributed by atoms with Crippen LogP contribution in [0.5, 0.6) is 0 Å². The number of hydrogen-bond acceptors (Lipinski definition) is 10. The van der Waals surface area contributed by atoms with Crippen molar-refractivity contribution in [2.45, 2.75) is 77.7 Å². The minimum Gasteiger partial charge on any atom is -0.379 e. The monoisotopic (exact) mass is 650 g/mol. The van der Waals surface area contributed by atoms with Crippen molar-refractivity contribution in [3.63, 3.8) is 0 Å². The van der Waals surface area contributed by atoms with Gasteiger partial charge >= 0.3 is 5.69 Å². The van der Waals surface area contributed by atoms with E-state index >= 15 is 0 Å². The summed E-state index contributed by atoms with van der Waals surface area (Å²) in [5.74, 6) is -1.01. The first kappa shape index (κ1) is 41.3. The predicted octanol–water partition coefficient (Wildman–Crippen LogP) is 3.73. The Balaban J connectivity index is 1.67. The zero-order chi connectivity index (χ0) is 32.5. The molecule has 45 heavy (non-hydrogen) atoms. The first-order valence-electron chi connectivity index (χ1n) is 16.8. The predicted molar refractivity (Wildman–Crippen MR) is 170 cm³/mol. The molecule has 0 saturated heterocycles. The number of rotatable bonds is 35. The fourth-order valence-electron chi connectivity index (χ4n) is 4.14. The van der Waals surface area contributed by atoms with E-state index in [2.05, 4.69) is 6.92 Å². The molecule has 0 amide bonds. The lowest BCUT2D eigenvalue weighted by molar-refractivity contribution is -0.0233. The fourth-order valence-corrected chi connectivity index (χ4v) is 4.14. The van der Waals surface area contributed by atoms with Gasteiger partial charge in [0.25, 0.3) is 5.56 Å². The van der Waals surface area contributed by atoms with Crippen LogP contribution in [-0.2, 0) is 44.4 Å². The second kappa shape index (κ2) is 32.2. The molecular formula is C32H59FN2O10. The molecule has 1 aromatic rings. The van der Waals surface area contributed by atoms with Gasteiger partial charge < -0.3 is 37.9 Å². The standard InChI is InChI=1S/C32H59FN2O10/c1-2-3-4-5-6-7-8-9-10-11-13-38-15-17-40-19-21-42-23-25-44-27-28-45-26-24-43-22-20-41-18-16-39-14-12-35-29-30(33)31(36)34-32(35)37/h29H,2-28H2,1H3,(H,34,36,37). The summed E-state index contributed by atoms with van der Waals surface area (Å²) in [6, 6.07) is 0. The minimum atomic E-state index is -1.03. The number of ether oxygens (including phenoxy) is 8. The smallest absolute Gasteiger partial charge is 0.328 e. The molecule has 12 nitrogen and oxygen atoms in total. The van der Waals surface area contributed by atoms with Crippen LogP contribution in [0, 0.1) is 5.82 Å². The molecule has 0 aromatic carbocycles. The SMILES string of the molecule is CCCCCCCCCCCCOCCOCCOCCOCCOCCOCCOCCOCCn1cc(F)c(=O)[nH]c1=O. The summed E-state index contributed by atoms with van der Waals surface area (Å²) < 4.78 is 58.0. The highest BCUT2D eigenvalue weighted by Crippen LogP contribution is 2.10. The number of hydrogen-bond donors (Lipinski definition) is 1. The summed E-state index contributed by atoms with van der Waals surface area (Å²) >= 11 is 0. The van der Waals surface area contributed by atoms with Crippen LogP contribution in [0.15, 0.2) is 15.8 Å². The summed E-state index contributed by atoms with van der Waals surface area (Å²) in [6.07, 6.45) is 14.2. The van der Waals surface area contributed by atoms with Crippen molar-refractivity contribution in [2.24, 2.45) is 0 Å². The molecule has 13 heteroatoms. The molecule has 0 aliphatic heterocycles. The second-order valence-electron chi connectivity index (χ2n) is 10.5. The Bertz CT molecular complexity index is 886. The Kier molecular flexibility index (Phi) is 29.6. The van der Waals surface area contributed by atoms with Gasteiger partial charge in [0.2, 0.25) is 5.82 Å². The van der Waals surface area contributed by atoms with Gasteiger partial charge in [-0.3, -0.25) is 14.3 Å². The number of unbranched alkanes of at least 4 members (excludes halogenated alkanes) is 9. The molecule has 0 fully saturated rings. The van der Waals surface area contributed by atoms with E-state index < -0.39 is 17.1 Å². The maximum Gasteiger partial charge on any atom is 0.328 e. The van der Waals surface area contributed by atoms with E-state index in [1.54, 1.807) is 0 Å². The molecule has 0 unspecified atom stereocenters. The Hall–Kier alpha value is -1.71. The highest BCUT2D eigenvalue weighted by Gasteiger charge is 2.03. The third kappa shape index (κ3) is 27.1. The van der Waals surface area contributed by atoms with Crippen molar-refractivity contribution in [2.75, 3.05) is 106 Å². The molecule has 264 valence electrons. The van der Waals surface area contributed by atoms with E-state index in [0.717, 1.165) is 23.8 Å². The summed E-state index contributed by atoms with van der Waals surface area (Å²) in [4.78, 5) is 24.4. The van der Waals surface area contributed by atoms with Gasteiger partial charge in [0.05, 0.1) is 112 Å². The van der Waals surface area contributed by atoms with Gasteiger partial charge in [0.15, 0.2) is 0 Å². The molecule has 0 spiro atoms. The van der Waals surface area contributed by atoms with Crippen LogP contribution in [0.25, 0.3) is 0 Å². The number of aromatic amines is 1. The van der Waals surface area contributed by atoms with Crippen molar-refractivity contribution in [1.29, 1.82) is 0 Å². The molecular weight excluding hydrogens is 591 g/mol. The van der Waals surface area contributed by atoms with Gasteiger partial charge in [-0.05, 0) is 6.42 Å². The number of aromatic nitrogens is 2. The molecule has 0 aliphatic rings. The molecule has 1 rings (SSSR count). The second-order valence-corrected chi connectivity index (χ2v) is 10.5. The van der Waals surface area contributed by atoms with E-state index in [4.69, 9.17) is 37.9 Å². The third-order valence-electron chi connectivity index (χ3n) is 6.69. The molecule has 1 aromatic heterocycles. The Labute approximate surface area is 268 Å². The number of H-pyrrole nitrogens is 1. The van der Waals surface area contributed by atoms with Crippen molar-refractivity contribution < 1.29 is 42.3 Å². The van der Waals surface area contributed by atoms with Crippen LogP contribution in [0.2, 0.25) is 0 Å². The van der Waals surface area contributed by atoms with Gasteiger partial charge in [-0.15, -0.1) is 0 Å². The molecule has 0 radical (unpaired) electrons. The van der Waals surface area contributed by atoms with Gasteiger partial charge in [-0.1, -0.05) is 64.7 Å². The lowest BCUT2D eigenvalue weighted by Gasteiger charge is -2.09. The fraction of sp³-hybridized carbons (Fsp3) is 0.875. The van der Waals surface area contributed by atoms with E-state index in [1.165, 1.54) is 57.8 Å². The summed E-state index contributed by atoms with van der Waals surface area (Å²) in [7, 11) is 0. The third-order valence-corrected chi connectivity index (χ3v) is 6.69. The van der Waals surface area contributed by atoms with Crippen LogP contribution in [0.4, 0.5) is 4.39 Å². The van der Waals surface area contributed by atoms with Crippen molar-refractivity contribution in [3.05, 3.63) is 32.9 Å². The quantitative estimate of drug-likeness (QED) is 0.109. The van der Waals surface area contributed by atoms with E-state index in [0.29, 0.717) is 92.5 Å². The topological polar surface area (TPSA) is 129 Å². The first-order valence-corrected chi connectivity index (χ1v) is 16.8. The maximum absolute atomic E-state index is 13.2. The average molecular weight is 651 g/mol. The summed E-state index contributed by atoms with van der Waals surface area (Å²) in [5.41, 5.74) is -1.71.